The van der Waals surface area contributed by atoms with Gasteiger partial charge in [-0.15, -0.1) is 0 Å². The largest absolute Gasteiger partial charge is 0.489 e. The van der Waals surface area contributed by atoms with Gasteiger partial charge in [-0.05, 0) is 53.1 Å². The van der Waals surface area contributed by atoms with Crippen LogP contribution in [0.4, 0.5) is 17.1 Å². The zero-order valence-electron chi connectivity index (χ0n) is 17.2. The molecule has 0 unspecified atom stereocenters. The summed E-state index contributed by atoms with van der Waals surface area (Å²) in [6.07, 6.45) is 3.58. The third kappa shape index (κ3) is 4.97. The first-order chi connectivity index (χ1) is 14.7. The highest BCUT2D eigenvalue weighted by Crippen LogP contribution is 2.32. The van der Waals surface area contributed by atoms with Crippen molar-refractivity contribution in [2.75, 3.05) is 24.3 Å². The van der Waals surface area contributed by atoms with Crippen LogP contribution in [0.3, 0.4) is 0 Å². The highest BCUT2D eigenvalue weighted by molar-refractivity contribution is 5.75. The summed E-state index contributed by atoms with van der Waals surface area (Å²) in [4.78, 5) is 6.30. The lowest BCUT2D eigenvalue weighted by Gasteiger charge is -2.16. The fourth-order valence-corrected chi connectivity index (χ4v) is 3.23. The smallest absolute Gasteiger partial charge is 0.122 e. The quantitative estimate of drug-likeness (QED) is 0.408. The van der Waals surface area contributed by atoms with Crippen LogP contribution in [0, 0.1) is 0 Å². The molecule has 1 N–H and O–H groups in total. The van der Waals surface area contributed by atoms with E-state index in [1.54, 1.807) is 6.20 Å². The van der Waals surface area contributed by atoms with E-state index in [-0.39, 0.29) is 0 Å². The molecule has 0 saturated carbocycles. The number of anilines is 3. The van der Waals surface area contributed by atoms with E-state index in [1.165, 1.54) is 0 Å². The van der Waals surface area contributed by atoms with Crippen LogP contribution in [-0.4, -0.2) is 19.1 Å². The monoisotopic (exact) mass is 395 g/mol. The molecule has 4 nitrogen and oxygen atoms in total. The lowest BCUT2D eigenvalue weighted by Crippen LogP contribution is -2.08. The summed E-state index contributed by atoms with van der Waals surface area (Å²) >= 11 is 0. The topological polar surface area (TPSA) is 37.4 Å². The molecule has 30 heavy (non-hydrogen) atoms. The fourth-order valence-electron chi connectivity index (χ4n) is 3.23. The van der Waals surface area contributed by atoms with Crippen LogP contribution in [0.25, 0.3) is 11.1 Å². The Bertz CT molecular complexity index is 1100. The van der Waals surface area contributed by atoms with E-state index in [0.717, 1.165) is 39.5 Å². The number of nitrogens with one attached hydrogen (secondary N) is 1. The predicted molar refractivity (Wildman–Crippen MR) is 124 cm³/mol. The van der Waals surface area contributed by atoms with Gasteiger partial charge in [-0.3, -0.25) is 4.98 Å². The van der Waals surface area contributed by atoms with Crippen molar-refractivity contribution in [2.45, 2.75) is 6.61 Å². The van der Waals surface area contributed by atoms with Crippen molar-refractivity contribution in [3.8, 4) is 16.9 Å². The van der Waals surface area contributed by atoms with Gasteiger partial charge >= 0.3 is 0 Å². The van der Waals surface area contributed by atoms with Crippen LogP contribution < -0.4 is 15.0 Å². The lowest BCUT2D eigenvalue weighted by molar-refractivity contribution is 0.306. The van der Waals surface area contributed by atoms with Crippen molar-refractivity contribution in [2.24, 2.45) is 0 Å². The zero-order chi connectivity index (χ0) is 20.8. The van der Waals surface area contributed by atoms with Crippen molar-refractivity contribution in [3.05, 3.63) is 103 Å². The maximum Gasteiger partial charge on any atom is 0.122 e. The van der Waals surface area contributed by atoms with E-state index in [1.807, 2.05) is 56.7 Å². The molecule has 0 bridgehead atoms. The van der Waals surface area contributed by atoms with E-state index in [0.29, 0.717) is 6.61 Å². The van der Waals surface area contributed by atoms with Crippen LogP contribution >= 0.6 is 0 Å². The average molecular weight is 396 g/mol. The van der Waals surface area contributed by atoms with Crippen LogP contribution in [0.15, 0.2) is 97.3 Å². The van der Waals surface area contributed by atoms with E-state index in [4.69, 9.17) is 4.74 Å². The van der Waals surface area contributed by atoms with Gasteiger partial charge in [-0.2, -0.15) is 0 Å². The van der Waals surface area contributed by atoms with Gasteiger partial charge in [0.1, 0.15) is 12.4 Å². The first kappa shape index (κ1) is 19.5. The fraction of sp³-hybridized carbons (Fsp3) is 0.115. The summed E-state index contributed by atoms with van der Waals surface area (Å²) in [5.74, 6) is 0.818. The van der Waals surface area contributed by atoms with Gasteiger partial charge in [0, 0.05) is 37.7 Å². The maximum atomic E-state index is 6.14. The minimum absolute atomic E-state index is 0.522. The molecule has 0 spiro atoms. The second-order valence-corrected chi connectivity index (χ2v) is 7.33. The van der Waals surface area contributed by atoms with Gasteiger partial charge in [0.15, 0.2) is 0 Å². The van der Waals surface area contributed by atoms with Crippen molar-refractivity contribution in [1.82, 2.24) is 4.98 Å². The van der Waals surface area contributed by atoms with Crippen molar-refractivity contribution >= 4 is 17.1 Å². The molecule has 1 heterocycles. The standard InChI is InChI=1S/C26H25N3O/c1-29(2)25-12-6-10-21(15-25)22-14-24(28-23-11-7-13-27-18-23)17-26(16-22)30-19-20-8-4-3-5-9-20/h3-18,28H,19H2,1-2H3. The molecule has 0 fully saturated rings. The molecule has 4 aromatic rings. The van der Waals surface area contributed by atoms with Gasteiger partial charge in [0.25, 0.3) is 0 Å². The molecular weight excluding hydrogens is 370 g/mol. The number of ether oxygens (including phenoxy) is 1. The predicted octanol–water partition coefficient (Wildman–Crippen LogP) is 6.14. The maximum absolute atomic E-state index is 6.14. The molecular formula is C26H25N3O. The number of aromatic nitrogens is 1. The molecule has 0 atom stereocenters. The van der Waals surface area contributed by atoms with Crippen LogP contribution in [0.1, 0.15) is 5.56 Å². The molecule has 0 aliphatic heterocycles. The second kappa shape index (κ2) is 9.14. The third-order valence-corrected chi connectivity index (χ3v) is 4.80. The van der Waals surface area contributed by atoms with E-state index in [9.17, 15) is 0 Å². The summed E-state index contributed by atoms with van der Waals surface area (Å²) in [6.45, 7) is 0.522. The Morgan fingerprint density at radius 2 is 1.67 bits per heavy atom. The lowest BCUT2D eigenvalue weighted by atomic mass is 10.0. The molecule has 1 aromatic heterocycles. The summed E-state index contributed by atoms with van der Waals surface area (Å²) in [5.41, 5.74) is 6.42. The Labute approximate surface area is 177 Å². The van der Waals surface area contributed by atoms with Crippen molar-refractivity contribution in [1.29, 1.82) is 0 Å². The molecule has 4 heteroatoms. The first-order valence-corrected chi connectivity index (χ1v) is 9.94. The average Bonchev–Trinajstić information content (AvgIpc) is 2.79. The van der Waals surface area contributed by atoms with Gasteiger partial charge in [-0.1, -0.05) is 42.5 Å². The van der Waals surface area contributed by atoms with E-state index in [2.05, 4.69) is 63.7 Å². The number of nitrogens with zero attached hydrogens (tertiary/aromatic N) is 2. The van der Waals surface area contributed by atoms with Gasteiger partial charge in [0.2, 0.25) is 0 Å². The molecule has 0 amide bonds. The Hall–Kier alpha value is -3.79. The minimum atomic E-state index is 0.522. The van der Waals surface area contributed by atoms with Crippen LogP contribution in [0.2, 0.25) is 0 Å². The molecule has 150 valence electrons. The Kier molecular flexibility index (Phi) is 5.95. The Morgan fingerprint density at radius 3 is 2.43 bits per heavy atom. The number of hydrogen-bond donors (Lipinski definition) is 1. The zero-order valence-corrected chi connectivity index (χ0v) is 17.2. The van der Waals surface area contributed by atoms with Crippen molar-refractivity contribution < 1.29 is 4.74 Å². The number of benzene rings is 3. The summed E-state index contributed by atoms with van der Waals surface area (Å²) in [7, 11) is 4.10. The van der Waals surface area contributed by atoms with Gasteiger partial charge < -0.3 is 15.0 Å². The molecule has 0 aliphatic rings. The molecule has 3 aromatic carbocycles. The van der Waals surface area contributed by atoms with E-state index < -0.39 is 0 Å². The second-order valence-electron chi connectivity index (χ2n) is 7.33. The highest BCUT2D eigenvalue weighted by Gasteiger charge is 2.07. The van der Waals surface area contributed by atoms with Crippen LogP contribution in [0.5, 0.6) is 5.75 Å². The molecule has 0 radical (unpaired) electrons. The molecule has 0 saturated heterocycles. The normalized spacial score (nSPS) is 10.5. The minimum Gasteiger partial charge on any atom is -0.489 e. The van der Waals surface area contributed by atoms with Crippen molar-refractivity contribution in [3.63, 3.8) is 0 Å². The SMILES string of the molecule is CN(C)c1cccc(-c2cc(Nc3cccnc3)cc(OCc3ccccc3)c2)c1. The first-order valence-electron chi connectivity index (χ1n) is 9.94. The Balaban J connectivity index is 1.67. The number of hydrogen-bond acceptors (Lipinski definition) is 4. The summed E-state index contributed by atoms with van der Waals surface area (Å²) in [5, 5.41) is 3.44. The summed E-state index contributed by atoms with van der Waals surface area (Å²) < 4.78 is 6.14. The molecule has 0 aliphatic carbocycles. The van der Waals surface area contributed by atoms with Crippen LogP contribution in [-0.2, 0) is 6.61 Å². The van der Waals surface area contributed by atoms with Gasteiger partial charge in [0.05, 0.1) is 11.9 Å². The number of rotatable bonds is 7. The Morgan fingerprint density at radius 1 is 0.800 bits per heavy atom. The van der Waals surface area contributed by atoms with Gasteiger partial charge in [-0.25, -0.2) is 0 Å². The van der Waals surface area contributed by atoms with E-state index >= 15 is 0 Å². The summed E-state index contributed by atoms with van der Waals surface area (Å²) in [6, 6.07) is 28.9. The molecule has 4 rings (SSSR count). The third-order valence-electron chi connectivity index (χ3n) is 4.80. The highest BCUT2D eigenvalue weighted by atomic mass is 16.5. The number of pyridine rings is 1.